The van der Waals surface area contributed by atoms with Crippen molar-refractivity contribution in [3.05, 3.63) is 51.7 Å². The summed E-state index contributed by atoms with van der Waals surface area (Å²) in [7, 11) is -2.69. The number of anilines is 3. The summed E-state index contributed by atoms with van der Waals surface area (Å²) in [6.07, 6.45) is 0.345. The summed E-state index contributed by atoms with van der Waals surface area (Å²) in [4.78, 5) is 51.7. The van der Waals surface area contributed by atoms with E-state index < -0.39 is 27.9 Å². The van der Waals surface area contributed by atoms with Gasteiger partial charge in [-0.25, -0.2) is 33.1 Å². The van der Waals surface area contributed by atoms with Gasteiger partial charge in [-0.3, -0.25) is 10.1 Å². The average Bonchev–Trinajstić information content (AvgIpc) is 3.30. The van der Waals surface area contributed by atoms with Crippen LogP contribution in [-0.4, -0.2) is 66.4 Å². The van der Waals surface area contributed by atoms with Crippen molar-refractivity contribution in [2.24, 2.45) is 5.14 Å². The van der Waals surface area contributed by atoms with Crippen molar-refractivity contribution >= 4 is 56.1 Å². The van der Waals surface area contributed by atoms with Crippen LogP contribution < -0.4 is 15.8 Å². The highest BCUT2D eigenvalue weighted by Gasteiger charge is 2.30. The Labute approximate surface area is 234 Å². The largest absolute Gasteiger partial charge is 0.462 e. The molecule has 0 unspecified atom stereocenters. The molecular weight excluding hydrogens is 562 g/mol. The molecule has 2 aromatic heterocycles. The zero-order valence-corrected chi connectivity index (χ0v) is 23.5. The molecule has 1 aliphatic heterocycles. The van der Waals surface area contributed by atoms with E-state index in [1.54, 1.807) is 26.0 Å². The molecule has 4 rings (SSSR count). The molecule has 14 nitrogen and oxygen atoms in total. The van der Waals surface area contributed by atoms with E-state index in [1.165, 1.54) is 17.0 Å². The highest BCUT2D eigenvalue weighted by Crippen LogP contribution is 2.29. The smallest absolute Gasteiger partial charge is 0.396 e. The number of aryl methyl sites for hydroxylation is 1. The molecule has 0 spiro atoms. The number of primary sulfonamides is 1. The Bertz CT molecular complexity index is 1560. The summed E-state index contributed by atoms with van der Waals surface area (Å²) in [6.45, 7) is 4.22. The second-order valence-electron chi connectivity index (χ2n) is 8.61. The predicted molar refractivity (Wildman–Crippen MR) is 144 cm³/mol. The summed E-state index contributed by atoms with van der Waals surface area (Å²) in [5, 5.41) is 11.8. The number of rotatable bonds is 8. The van der Waals surface area contributed by atoms with Crippen molar-refractivity contribution in [3.63, 3.8) is 0 Å². The molecule has 1 amide bonds. The van der Waals surface area contributed by atoms with Crippen molar-refractivity contribution in [2.45, 2.75) is 38.3 Å². The van der Waals surface area contributed by atoms with E-state index in [0.717, 1.165) is 24.0 Å². The molecule has 0 atom stereocenters. The number of carbonyl (C=O) groups is 3. The van der Waals surface area contributed by atoms with Gasteiger partial charge < -0.3 is 19.7 Å². The topological polar surface area (TPSA) is 196 Å². The van der Waals surface area contributed by atoms with Gasteiger partial charge in [0.25, 0.3) is 0 Å². The maximum absolute atomic E-state index is 12.5. The second-order valence-corrected chi connectivity index (χ2v) is 11.2. The lowest BCUT2D eigenvalue weighted by molar-refractivity contribution is -0.158. The molecule has 4 N–H and O–H groups in total. The van der Waals surface area contributed by atoms with Gasteiger partial charge in [0.15, 0.2) is 5.13 Å². The van der Waals surface area contributed by atoms with Crippen LogP contribution in [0.4, 0.5) is 16.9 Å². The van der Waals surface area contributed by atoms with Crippen LogP contribution in [0.2, 0.25) is 0 Å². The summed E-state index contributed by atoms with van der Waals surface area (Å²) < 4.78 is 32.8. The number of hydrogen-bond donors (Lipinski definition) is 3. The van der Waals surface area contributed by atoms with Crippen LogP contribution in [-0.2, 0) is 48.6 Å². The first-order valence-corrected chi connectivity index (χ1v) is 14.4. The van der Waals surface area contributed by atoms with E-state index in [2.05, 4.69) is 30.3 Å². The van der Waals surface area contributed by atoms with Gasteiger partial charge in [0.2, 0.25) is 16.0 Å². The fourth-order valence-electron chi connectivity index (χ4n) is 3.92. The molecule has 0 saturated heterocycles. The molecule has 1 aromatic carbocycles. The Morgan fingerprint density at radius 2 is 1.88 bits per heavy atom. The number of sulfonamides is 1. The SMILES string of the molecule is CCOC(=O)c1sc(Nc2nc3c(c(NCc4ccc(S(N)(=O)=O)cc4)n2)CN(C(=O)C(=O)OC)CC3)nc1C. The van der Waals surface area contributed by atoms with Gasteiger partial charge in [-0.2, -0.15) is 4.98 Å². The maximum atomic E-state index is 12.5. The van der Waals surface area contributed by atoms with E-state index in [9.17, 15) is 22.8 Å². The normalized spacial score (nSPS) is 12.8. The van der Waals surface area contributed by atoms with Crippen LogP contribution in [0.15, 0.2) is 29.2 Å². The van der Waals surface area contributed by atoms with Crippen LogP contribution >= 0.6 is 11.3 Å². The highest BCUT2D eigenvalue weighted by molar-refractivity contribution is 7.89. The van der Waals surface area contributed by atoms with Crippen LogP contribution in [0.3, 0.4) is 0 Å². The van der Waals surface area contributed by atoms with Gasteiger partial charge in [0, 0.05) is 25.1 Å². The first-order valence-electron chi connectivity index (χ1n) is 12.0. The van der Waals surface area contributed by atoms with E-state index >= 15 is 0 Å². The highest BCUT2D eigenvalue weighted by atomic mass is 32.2. The second kappa shape index (κ2) is 11.9. The van der Waals surface area contributed by atoms with Crippen LogP contribution in [0.5, 0.6) is 0 Å². The molecule has 0 aliphatic carbocycles. The fraction of sp³-hybridized carbons (Fsp3) is 0.333. The van der Waals surface area contributed by atoms with E-state index in [1.807, 2.05) is 0 Å². The van der Waals surface area contributed by atoms with Crippen molar-refractivity contribution in [2.75, 3.05) is 30.9 Å². The molecule has 40 heavy (non-hydrogen) atoms. The Balaban J connectivity index is 1.63. The van der Waals surface area contributed by atoms with Gasteiger partial charge in [-0.05, 0) is 31.5 Å². The number of nitrogens with one attached hydrogen (secondary N) is 2. The molecular formula is C24H27N7O7S2. The van der Waals surface area contributed by atoms with E-state index in [-0.39, 0.29) is 37.1 Å². The molecule has 0 bridgehead atoms. The summed E-state index contributed by atoms with van der Waals surface area (Å²) in [6, 6.07) is 6.03. The number of hydrogen-bond acceptors (Lipinski definition) is 13. The summed E-state index contributed by atoms with van der Waals surface area (Å²) in [5.41, 5.74) is 2.50. The molecule has 3 aromatic rings. The molecule has 1 aliphatic rings. The molecule has 0 radical (unpaired) electrons. The minimum absolute atomic E-state index is 0.0138. The van der Waals surface area contributed by atoms with E-state index in [0.29, 0.717) is 39.2 Å². The van der Waals surface area contributed by atoms with Crippen molar-refractivity contribution < 1.29 is 32.3 Å². The number of methoxy groups -OCH3 is 1. The van der Waals surface area contributed by atoms with Crippen molar-refractivity contribution in [1.29, 1.82) is 0 Å². The van der Waals surface area contributed by atoms with Crippen molar-refractivity contribution in [1.82, 2.24) is 19.9 Å². The van der Waals surface area contributed by atoms with Crippen LogP contribution in [0.25, 0.3) is 0 Å². The third-order valence-corrected chi connectivity index (χ3v) is 7.88. The van der Waals surface area contributed by atoms with Gasteiger partial charge in [0.1, 0.15) is 10.7 Å². The lowest BCUT2D eigenvalue weighted by Gasteiger charge is -2.29. The Kier molecular flexibility index (Phi) is 8.61. The number of nitrogens with zero attached hydrogens (tertiary/aromatic N) is 4. The number of fused-ring (bicyclic) bond motifs is 1. The molecule has 212 valence electrons. The summed E-state index contributed by atoms with van der Waals surface area (Å²) >= 11 is 1.11. The first-order chi connectivity index (χ1) is 19.0. The van der Waals surface area contributed by atoms with Crippen molar-refractivity contribution in [3.8, 4) is 0 Å². The number of esters is 2. The molecule has 0 saturated carbocycles. The van der Waals surface area contributed by atoms with E-state index in [4.69, 9.17) is 9.88 Å². The maximum Gasteiger partial charge on any atom is 0.396 e. The lowest BCUT2D eigenvalue weighted by atomic mass is 10.1. The minimum atomic E-state index is -3.83. The zero-order chi connectivity index (χ0) is 29.0. The van der Waals surface area contributed by atoms with Gasteiger partial charge >= 0.3 is 17.8 Å². The molecule has 3 heterocycles. The van der Waals surface area contributed by atoms with Crippen LogP contribution in [0, 0.1) is 6.92 Å². The van der Waals surface area contributed by atoms with Gasteiger partial charge in [-0.1, -0.05) is 23.5 Å². The fourth-order valence-corrected chi connectivity index (χ4v) is 5.29. The number of ether oxygens (including phenoxy) is 2. The number of nitrogens with two attached hydrogens (primary N) is 1. The number of thiazole rings is 1. The quantitative estimate of drug-likeness (QED) is 0.253. The summed E-state index contributed by atoms with van der Waals surface area (Å²) in [5.74, 6) is -1.61. The zero-order valence-electron chi connectivity index (χ0n) is 21.9. The lowest BCUT2D eigenvalue weighted by Crippen LogP contribution is -2.41. The van der Waals surface area contributed by atoms with Gasteiger partial charge in [0.05, 0.1) is 36.5 Å². The monoisotopic (exact) mass is 589 g/mol. The first kappa shape index (κ1) is 28.8. The molecule has 0 fully saturated rings. The Hall–Kier alpha value is -4.15. The third kappa shape index (κ3) is 6.52. The standard InChI is InChI=1S/C24H27N7O7S2/c1-4-38-21(33)18-13(2)27-24(39-18)30-23-28-17-9-10-31(20(32)22(34)37-3)12-16(17)19(29-23)26-11-14-5-7-15(8-6-14)40(25,35)36/h5-8H,4,9-12H2,1-3H3,(H2,25,35,36)(H2,26,27,28,29,30). The number of amides is 1. The number of benzene rings is 1. The Morgan fingerprint density at radius 3 is 2.52 bits per heavy atom. The third-order valence-electron chi connectivity index (χ3n) is 5.90. The van der Waals surface area contributed by atoms with Crippen LogP contribution in [0.1, 0.15) is 39.1 Å². The minimum Gasteiger partial charge on any atom is -0.462 e. The van der Waals surface area contributed by atoms with Gasteiger partial charge in [-0.15, -0.1) is 0 Å². The predicted octanol–water partition coefficient (Wildman–Crippen LogP) is 1.48. The number of carbonyl (C=O) groups excluding carboxylic acids is 3. The number of aromatic nitrogens is 3. The average molecular weight is 590 g/mol. The Morgan fingerprint density at radius 1 is 1.15 bits per heavy atom. The molecule has 16 heteroatoms.